The first kappa shape index (κ1) is 19.9. The van der Waals surface area contributed by atoms with Gasteiger partial charge in [0, 0.05) is 30.4 Å². The van der Waals surface area contributed by atoms with Crippen LogP contribution in [0.2, 0.25) is 0 Å². The maximum atomic E-state index is 12.8. The monoisotopic (exact) mass is 395 g/mol. The molecule has 154 valence electrons. The second-order valence-electron chi connectivity index (χ2n) is 8.84. The van der Waals surface area contributed by atoms with Crippen LogP contribution in [0.25, 0.3) is 0 Å². The maximum absolute atomic E-state index is 12.8. The van der Waals surface area contributed by atoms with Crippen molar-refractivity contribution in [1.29, 1.82) is 0 Å². The summed E-state index contributed by atoms with van der Waals surface area (Å²) in [4.78, 5) is 12.8. The summed E-state index contributed by atoms with van der Waals surface area (Å²) in [6, 6.07) is 17.1. The van der Waals surface area contributed by atoms with Gasteiger partial charge in [-0.3, -0.25) is 4.79 Å². The molecule has 2 unspecified atom stereocenters. The highest BCUT2D eigenvalue weighted by atomic mass is 16.5. The molecule has 5 nitrogen and oxygen atoms in total. The number of quaternary nitrogens is 1. The first-order chi connectivity index (χ1) is 14.0. The summed E-state index contributed by atoms with van der Waals surface area (Å²) < 4.78 is 6.43. The van der Waals surface area contributed by atoms with Crippen LogP contribution in [0.3, 0.4) is 0 Å². The van der Waals surface area contributed by atoms with Crippen LogP contribution < -0.4 is 5.43 Å². The highest BCUT2D eigenvalue weighted by Gasteiger charge is 2.54. The number of hydrogen-bond acceptors (Lipinski definition) is 3. The van der Waals surface area contributed by atoms with E-state index in [-0.39, 0.29) is 23.3 Å². The number of likely N-dealkylation sites (tertiary alicyclic amines) is 1. The number of aromatic hydroxyl groups is 1. The number of amides is 1. The van der Waals surface area contributed by atoms with E-state index in [1.807, 2.05) is 42.5 Å². The summed E-state index contributed by atoms with van der Waals surface area (Å²) in [5, 5.41) is 10.1. The van der Waals surface area contributed by atoms with Gasteiger partial charge >= 0.3 is 0 Å². The summed E-state index contributed by atoms with van der Waals surface area (Å²) >= 11 is 0. The third kappa shape index (κ3) is 3.77. The van der Waals surface area contributed by atoms with Crippen molar-refractivity contribution in [2.24, 2.45) is 5.92 Å². The van der Waals surface area contributed by atoms with E-state index < -0.39 is 0 Å². The van der Waals surface area contributed by atoms with E-state index in [0.717, 1.165) is 38.8 Å². The Kier molecular flexibility index (Phi) is 5.36. The average molecular weight is 396 g/mol. The minimum atomic E-state index is -0.0391. The molecule has 2 N–H and O–H groups in total. The minimum absolute atomic E-state index is 0.0209. The maximum Gasteiger partial charge on any atom is 0.295 e. The number of benzene rings is 2. The van der Waals surface area contributed by atoms with E-state index in [1.54, 1.807) is 13.2 Å². The van der Waals surface area contributed by atoms with Crippen molar-refractivity contribution in [1.82, 2.24) is 5.43 Å². The third-order valence-electron chi connectivity index (χ3n) is 7.05. The SMILES string of the molecule is COC1CCC[C@@]2(c3cccc(O)c3)CC[N@@+](C)(NC(=O)c3ccccc3)CC12. The van der Waals surface area contributed by atoms with Gasteiger partial charge in [-0.1, -0.05) is 30.3 Å². The van der Waals surface area contributed by atoms with Gasteiger partial charge in [0.15, 0.2) is 0 Å². The zero-order chi connectivity index (χ0) is 20.5. The van der Waals surface area contributed by atoms with Gasteiger partial charge in [-0.2, -0.15) is 5.43 Å². The number of phenols is 1. The van der Waals surface area contributed by atoms with E-state index >= 15 is 0 Å². The molecule has 1 saturated carbocycles. The van der Waals surface area contributed by atoms with E-state index in [9.17, 15) is 9.90 Å². The molecule has 4 rings (SSSR count). The number of rotatable bonds is 4. The number of fused-ring (bicyclic) bond motifs is 1. The van der Waals surface area contributed by atoms with Gasteiger partial charge in [0.05, 0.1) is 13.2 Å². The Morgan fingerprint density at radius 1 is 1.17 bits per heavy atom. The molecule has 1 saturated heterocycles. The van der Waals surface area contributed by atoms with Crippen LogP contribution in [-0.4, -0.2) is 49.0 Å². The number of ether oxygens (including phenoxy) is 1. The van der Waals surface area contributed by atoms with Crippen LogP contribution in [0.4, 0.5) is 0 Å². The highest BCUT2D eigenvalue weighted by Crippen LogP contribution is 2.51. The quantitative estimate of drug-likeness (QED) is 0.777. The zero-order valence-electron chi connectivity index (χ0n) is 17.3. The Labute approximate surface area is 172 Å². The third-order valence-corrected chi connectivity index (χ3v) is 7.05. The fourth-order valence-corrected chi connectivity index (χ4v) is 5.54. The van der Waals surface area contributed by atoms with Crippen LogP contribution in [0.5, 0.6) is 5.75 Å². The van der Waals surface area contributed by atoms with Gasteiger partial charge in [-0.05, 0) is 49.1 Å². The smallest absolute Gasteiger partial charge is 0.295 e. The summed E-state index contributed by atoms with van der Waals surface area (Å²) in [5.41, 5.74) is 5.12. The molecule has 29 heavy (non-hydrogen) atoms. The molecule has 0 spiro atoms. The molecule has 0 aromatic heterocycles. The molecular formula is C24H31N2O3+. The molecule has 1 heterocycles. The summed E-state index contributed by atoms with van der Waals surface area (Å²) in [5.74, 6) is 0.552. The minimum Gasteiger partial charge on any atom is -0.508 e. The van der Waals surface area contributed by atoms with Crippen molar-refractivity contribution in [3.8, 4) is 5.75 Å². The van der Waals surface area contributed by atoms with E-state index in [2.05, 4.69) is 18.5 Å². The molecule has 0 radical (unpaired) electrons. The van der Waals surface area contributed by atoms with Gasteiger partial charge < -0.3 is 9.84 Å². The number of phenolic OH excluding ortho intramolecular Hbond substituents is 1. The second-order valence-corrected chi connectivity index (χ2v) is 8.84. The fourth-order valence-electron chi connectivity index (χ4n) is 5.54. The van der Waals surface area contributed by atoms with Gasteiger partial charge in [0.1, 0.15) is 18.8 Å². The summed E-state index contributed by atoms with van der Waals surface area (Å²) in [7, 11) is 3.90. The molecule has 0 bridgehead atoms. The van der Waals surface area contributed by atoms with E-state index in [1.165, 1.54) is 5.56 Å². The average Bonchev–Trinajstić information content (AvgIpc) is 2.74. The largest absolute Gasteiger partial charge is 0.508 e. The van der Waals surface area contributed by atoms with Crippen molar-refractivity contribution in [2.75, 3.05) is 27.2 Å². The van der Waals surface area contributed by atoms with Gasteiger partial charge in [0.25, 0.3) is 5.91 Å². The standard InChI is InChI=1S/C24H30N2O3/c1-26(25-23(28)18-8-4-3-5-9-18)15-14-24(19-10-6-11-20(27)16-19)13-7-12-22(29-2)21(24)17-26/h3-6,8-11,16,21-22H,7,12-15,17H2,1-2H3,(H-,25,27,28)/p+1/t21?,22?,24-,26+/m0/s1. The van der Waals surface area contributed by atoms with Crippen molar-refractivity contribution < 1.29 is 19.2 Å². The van der Waals surface area contributed by atoms with Crippen LogP contribution in [0.15, 0.2) is 54.6 Å². The Morgan fingerprint density at radius 2 is 1.97 bits per heavy atom. The summed E-state index contributed by atoms with van der Waals surface area (Å²) in [6.07, 6.45) is 4.34. The number of nitrogens with one attached hydrogen (secondary N) is 1. The number of carbonyl (C=O) groups is 1. The fraction of sp³-hybridized carbons (Fsp3) is 0.458. The molecule has 5 heteroatoms. The van der Waals surface area contributed by atoms with Gasteiger partial charge in [-0.25, -0.2) is 4.59 Å². The predicted molar refractivity (Wildman–Crippen MR) is 112 cm³/mol. The van der Waals surface area contributed by atoms with Crippen LogP contribution >= 0.6 is 0 Å². The molecule has 2 aliphatic rings. The van der Waals surface area contributed by atoms with Crippen molar-refractivity contribution in [3.63, 3.8) is 0 Å². The first-order valence-electron chi connectivity index (χ1n) is 10.5. The Hall–Kier alpha value is -2.37. The number of methoxy groups -OCH3 is 1. The molecular weight excluding hydrogens is 364 g/mol. The number of carbonyl (C=O) groups excluding carboxylic acids is 1. The topological polar surface area (TPSA) is 58.6 Å². The number of piperidine rings is 1. The van der Waals surface area contributed by atoms with Crippen LogP contribution in [0.1, 0.15) is 41.6 Å². The summed E-state index contributed by atoms with van der Waals surface area (Å²) in [6.45, 7) is 1.66. The Bertz CT molecular complexity index is 871. The van der Waals surface area contributed by atoms with Crippen molar-refractivity contribution in [3.05, 3.63) is 65.7 Å². The van der Waals surface area contributed by atoms with Gasteiger partial charge in [0.2, 0.25) is 0 Å². The van der Waals surface area contributed by atoms with Crippen molar-refractivity contribution in [2.45, 2.75) is 37.2 Å². The van der Waals surface area contributed by atoms with Gasteiger partial charge in [-0.15, -0.1) is 0 Å². The number of hydrogen-bond donors (Lipinski definition) is 2. The normalized spacial score (nSPS) is 31.7. The molecule has 2 fully saturated rings. The lowest BCUT2D eigenvalue weighted by molar-refractivity contribution is -0.952. The second kappa shape index (κ2) is 7.81. The Morgan fingerprint density at radius 3 is 2.69 bits per heavy atom. The highest BCUT2D eigenvalue weighted by molar-refractivity contribution is 5.93. The van der Waals surface area contributed by atoms with Crippen LogP contribution in [-0.2, 0) is 10.2 Å². The molecule has 2 aromatic carbocycles. The number of nitrogens with zero attached hydrogens (tertiary/aromatic N) is 1. The Balaban J connectivity index is 1.63. The molecule has 1 aliphatic heterocycles. The van der Waals surface area contributed by atoms with E-state index in [0.29, 0.717) is 15.9 Å². The lowest BCUT2D eigenvalue weighted by atomic mass is 9.58. The lowest BCUT2D eigenvalue weighted by Gasteiger charge is -2.55. The first-order valence-corrected chi connectivity index (χ1v) is 10.5. The zero-order valence-corrected chi connectivity index (χ0v) is 17.3. The molecule has 1 aliphatic carbocycles. The van der Waals surface area contributed by atoms with E-state index in [4.69, 9.17) is 4.74 Å². The molecule has 1 amide bonds. The molecule has 2 aromatic rings. The molecule has 4 atom stereocenters. The van der Waals surface area contributed by atoms with Crippen molar-refractivity contribution >= 4 is 5.91 Å². The lowest BCUT2D eigenvalue weighted by Crippen LogP contribution is -2.68. The predicted octanol–water partition coefficient (Wildman–Crippen LogP) is 3.64. The van der Waals surface area contributed by atoms with Crippen LogP contribution in [0, 0.1) is 5.92 Å².